The second-order valence-corrected chi connectivity index (χ2v) is 9.84. The van der Waals surface area contributed by atoms with Crippen molar-refractivity contribution in [2.24, 2.45) is 4.99 Å². The molecule has 2 aliphatic heterocycles. The van der Waals surface area contributed by atoms with Gasteiger partial charge in [-0.2, -0.15) is 0 Å². The third-order valence-electron chi connectivity index (χ3n) is 5.87. The number of fused-ring (bicyclic) bond motifs is 1. The van der Waals surface area contributed by atoms with Crippen LogP contribution < -0.4 is 5.32 Å². The number of amides is 1. The van der Waals surface area contributed by atoms with E-state index in [4.69, 9.17) is 9.73 Å². The molecular weight excluding hydrogens is 458 g/mol. The summed E-state index contributed by atoms with van der Waals surface area (Å²) < 4.78 is 5.57. The number of carbonyl (C=O) groups excluding carboxylic acids is 2. The topological polar surface area (TPSA) is 71.0 Å². The fourth-order valence-corrected chi connectivity index (χ4v) is 5.29. The van der Waals surface area contributed by atoms with E-state index in [0.29, 0.717) is 11.3 Å². The molecule has 0 saturated heterocycles. The van der Waals surface area contributed by atoms with Crippen LogP contribution in [0.15, 0.2) is 70.2 Å². The number of rotatable bonds is 7. The normalized spacial score (nSPS) is 17.2. The predicted octanol–water partition coefficient (Wildman–Crippen LogP) is 5.49. The van der Waals surface area contributed by atoms with Gasteiger partial charge in [-0.1, -0.05) is 65.9 Å². The summed E-state index contributed by atoms with van der Waals surface area (Å²) in [6, 6.07) is 15.5. The maximum absolute atomic E-state index is 13.5. The summed E-state index contributed by atoms with van der Waals surface area (Å²) in [6.45, 7) is 10.0. The molecule has 0 radical (unpaired) electrons. The molecule has 2 heterocycles. The van der Waals surface area contributed by atoms with Crippen molar-refractivity contribution in [1.29, 1.82) is 0 Å². The first kappa shape index (κ1) is 24.8. The number of esters is 1. The summed E-state index contributed by atoms with van der Waals surface area (Å²) in [7, 11) is 0. The molecule has 0 aromatic heterocycles. The molecular formula is C28H31N3O3S. The second kappa shape index (κ2) is 10.5. The van der Waals surface area contributed by atoms with Crippen molar-refractivity contribution in [1.82, 2.24) is 10.2 Å². The van der Waals surface area contributed by atoms with E-state index in [1.54, 1.807) is 6.92 Å². The van der Waals surface area contributed by atoms with E-state index in [1.807, 2.05) is 68.3 Å². The molecule has 0 fully saturated rings. The Morgan fingerprint density at radius 2 is 1.89 bits per heavy atom. The second-order valence-electron chi connectivity index (χ2n) is 9.00. The van der Waals surface area contributed by atoms with Crippen LogP contribution in [0.4, 0.5) is 0 Å². The van der Waals surface area contributed by atoms with Crippen LogP contribution in [0.5, 0.6) is 0 Å². The van der Waals surface area contributed by atoms with Gasteiger partial charge in [0.25, 0.3) is 0 Å². The van der Waals surface area contributed by atoms with Crippen molar-refractivity contribution < 1.29 is 14.3 Å². The van der Waals surface area contributed by atoms with E-state index in [0.717, 1.165) is 33.1 Å². The summed E-state index contributed by atoms with van der Waals surface area (Å²) in [5.41, 5.74) is 5.89. The van der Waals surface area contributed by atoms with Crippen LogP contribution in [0.2, 0.25) is 0 Å². The molecule has 1 amide bonds. The van der Waals surface area contributed by atoms with Crippen molar-refractivity contribution in [3.63, 3.8) is 0 Å². The Balaban J connectivity index is 1.91. The van der Waals surface area contributed by atoms with Crippen LogP contribution in [-0.2, 0) is 14.3 Å². The molecule has 2 aliphatic rings. The Hall–Kier alpha value is -3.32. The largest absolute Gasteiger partial charge is 0.463 e. The van der Waals surface area contributed by atoms with Crippen molar-refractivity contribution >= 4 is 34.5 Å². The SMILES string of the molecule is CCOC(=O)C1=C(c2ccccc2)N=C2SC=C(CC(=O)NC(C)C)N2C1c1cc(C)ccc1C. The highest BCUT2D eigenvalue weighted by molar-refractivity contribution is 8.16. The Kier molecular flexibility index (Phi) is 7.45. The lowest BCUT2D eigenvalue weighted by atomic mass is 9.88. The minimum atomic E-state index is -0.468. The van der Waals surface area contributed by atoms with Crippen molar-refractivity contribution in [3.8, 4) is 0 Å². The Labute approximate surface area is 211 Å². The van der Waals surface area contributed by atoms with E-state index in [1.165, 1.54) is 11.8 Å². The smallest absolute Gasteiger partial charge is 0.338 e. The zero-order valence-corrected chi connectivity index (χ0v) is 21.6. The molecule has 2 aromatic carbocycles. The highest BCUT2D eigenvalue weighted by Crippen LogP contribution is 2.47. The molecule has 7 heteroatoms. The molecule has 4 rings (SSSR count). The van der Waals surface area contributed by atoms with Gasteiger partial charge in [-0.25, -0.2) is 9.79 Å². The Morgan fingerprint density at radius 3 is 2.57 bits per heavy atom. The standard InChI is InChI=1S/C28H31N3O3S/c1-6-34-27(33)24-25(20-10-8-7-9-11-20)30-28-31(21(16-35-28)15-23(32)29-17(2)3)26(24)22-14-18(4)12-13-19(22)5/h7-14,16-17,26H,6,15H2,1-5H3,(H,29,32). The Morgan fingerprint density at radius 1 is 1.14 bits per heavy atom. The number of carbonyl (C=O) groups is 2. The first-order chi connectivity index (χ1) is 16.8. The summed E-state index contributed by atoms with van der Waals surface area (Å²) in [6.07, 6.45) is 0.197. The number of thioether (sulfide) groups is 1. The van der Waals surface area contributed by atoms with Gasteiger partial charge in [0.15, 0.2) is 5.17 Å². The van der Waals surface area contributed by atoms with Crippen molar-refractivity contribution in [3.05, 3.63) is 87.5 Å². The molecule has 0 aliphatic carbocycles. The third-order valence-corrected chi connectivity index (χ3v) is 6.76. The van der Waals surface area contributed by atoms with Crippen LogP contribution in [0, 0.1) is 13.8 Å². The highest BCUT2D eigenvalue weighted by Gasteiger charge is 2.42. The number of amidine groups is 1. The van der Waals surface area contributed by atoms with E-state index in [-0.39, 0.29) is 25.0 Å². The van der Waals surface area contributed by atoms with Gasteiger partial charge in [-0.3, -0.25) is 4.79 Å². The molecule has 6 nitrogen and oxygen atoms in total. The fourth-order valence-electron chi connectivity index (χ4n) is 4.37. The molecule has 0 bridgehead atoms. The summed E-state index contributed by atoms with van der Waals surface area (Å²) in [5.74, 6) is -0.466. The maximum atomic E-state index is 13.5. The van der Waals surface area contributed by atoms with Crippen LogP contribution in [0.25, 0.3) is 5.70 Å². The van der Waals surface area contributed by atoms with E-state index < -0.39 is 12.0 Å². The number of aliphatic imine (C=N–C) groups is 1. The Bertz CT molecular complexity index is 1230. The van der Waals surface area contributed by atoms with Crippen molar-refractivity contribution in [2.75, 3.05) is 6.61 Å². The minimum absolute atomic E-state index is 0.0427. The number of ether oxygens (including phenoxy) is 1. The minimum Gasteiger partial charge on any atom is -0.463 e. The van der Waals surface area contributed by atoms with Crippen LogP contribution >= 0.6 is 11.8 Å². The first-order valence-electron chi connectivity index (χ1n) is 11.9. The number of nitrogens with zero attached hydrogens (tertiary/aromatic N) is 2. The third kappa shape index (κ3) is 5.20. The zero-order chi connectivity index (χ0) is 25.1. The van der Waals surface area contributed by atoms with E-state index in [2.05, 4.69) is 23.5 Å². The monoisotopic (exact) mass is 489 g/mol. The quantitative estimate of drug-likeness (QED) is 0.521. The van der Waals surface area contributed by atoms with Gasteiger partial charge >= 0.3 is 5.97 Å². The molecule has 1 unspecified atom stereocenters. The average molecular weight is 490 g/mol. The number of aryl methyl sites for hydroxylation is 2. The predicted molar refractivity (Wildman–Crippen MR) is 141 cm³/mol. The van der Waals surface area contributed by atoms with Gasteiger partial charge in [0.05, 0.1) is 30.3 Å². The maximum Gasteiger partial charge on any atom is 0.338 e. The van der Waals surface area contributed by atoms with E-state index >= 15 is 0 Å². The molecule has 35 heavy (non-hydrogen) atoms. The van der Waals surface area contributed by atoms with E-state index in [9.17, 15) is 9.59 Å². The van der Waals surface area contributed by atoms with Crippen molar-refractivity contribution in [2.45, 2.75) is 53.1 Å². The van der Waals surface area contributed by atoms with Crippen LogP contribution in [-0.4, -0.2) is 34.6 Å². The molecule has 1 N–H and O–H groups in total. The molecule has 0 saturated carbocycles. The van der Waals surface area contributed by atoms with Gasteiger partial charge in [0.2, 0.25) is 5.91 Å². The summed E-state index contributed by atoms with van der Waals surface area (Å²) >= 11 is 1.48. The lowest BCUT2D eigenvalue weighted by Crippen LogP contribution is -2.39. The lowest BCUT2D eigenvalue weighted by Gasteiger charge is -2.37. The lowest BCUT2D eigenvalue weighted by molar-refractivity contribution is -0.139. The van der Waals surface area contributed by atoms with Gasteiger partial charge in [-0.05, 0) is 51.2 Å². The number of nitrogens with one attached hydrogen (secondary N) is 1. The highest BCUT2D eigenvalue weighted by atomic mass is 32.2. The summed E-state index contributed by atoms with van der Waals surface area (Å²) in [5, 5.41) is 5.68. The molecule has 182 valence electrons. The number of benzene rings is 2. The van der Waals surface area contributed by atoms with Gasteiger partial charge in [0, 0.05) is 17.3 Å². The molecule has 2 aromatic rings. The summed E-state index contributed by atoms with van der Waals surface area (Å²) in [4.78, 5) is 33.2. The van der Waals surface area contributed by atoms with Crippen LogP contribution in [0.1, 0.15) is 55.5 Å². The van der Waals surface area contributed by atoms with Gasteiger partial charge in [0.1, 0.15) is 0 Å². The first-order valence-corrected chi connectivity index (χ1v) is 12.7. The van der Waals surface area contributed by atoms with Gasteiger partial charge in [-0.15, -0.1) is 0 Å². The molecule has 0 spiro atoms. The zero-order valence-electron chi connectivity index (χ0n) is 20.8. The van der Waals surface area contributed by atoms with Gasteiger partial charge < -0.3 is 15.0 Å². The van der Waals surface area contributed by atoms with Crippen LogP contribution in [0.3, 0.4) is 0 Å². The fraction of sp³-hybridized carbons (Fsp3) is 0.321. The number of hydrogen-bond donors (Lipinski definition) is 1. The number of hydrogen-bond acceptors (Lipinski definition) is 6. The molecule has 1 atom stereocenters. The average Bonchev–Trinajstić information content (AvgIpc) is 3.22.